The molecule has 0 radical (unpaired) electrons. The molecule has 16 heavy (non-hydrogen) atoms. The van der Waals surface area contributed by atoms with E-state index in [1.165, 1.54) is 0 Å². The number of aromatic nitrogens is 1. The van der Waals surface area contributed by atoms with E-state index < -0.39 is 0 Å². The van der Waals surface area contributed by atoms with Crippen LogP contribution in [0.15, 0.2) is 36.5 Å². The fourth-order valence-electron chi connectivity index (χ4n) is 1.68. The second-order valence-electron chi connectivity index (χ2n) is 4.04. The number of rotatable bonds is 3. The molecule has 1 unspecified atom stereocenters. The molecule has 1 aromatic carbocycles. The van der Waals surface area contributed by atoms with Crippen LogP contribution < -0.4 is 5.73 Å². The van der Waals surface area contributed by atoms with E-state index in [2.05, 4.69) is 11.1 Å². The van der Waals surface area contributed by atoms with Gasteiger partial charge in [0.2, 0.25) is 5.91 Å². The maximum absolute atomic E-state index is 11.0. The van der Waals surface area contributed by atoms with E-state index in [0.717, 1.165) is 16.5 Å². The average Bonchev–Trinajstić information content (AvgIpc) is 2.28. The maximum Gasteiger partial charge on any atom is 0.220 e. The van der Waals surface area contributed by atoms with E-state index in [-0.39, 0.29) is 11.8 Å². The quantitative estimate of drug-likeness (QED) is 0.848. The third-order valence-electron chi connectivity index (χ3n) is 2.67. The first-order chi connectivity index (χ1) is 7.66. The number of primary amides is 1. The zero-order valence-electron chi connectivity index (χ0n) is 9.18. The van der Waals surface area contributed by atoms with Gasteiger partial charge in [0.15, 0.2) is 0 Å². The topological polar surface area (TPSA) is 56.0 Å². The Bertz CT molecular complexity index is 522. The Kier molecular flexibility index (Phi) is 2.86. The van der Waals surface area contributed by atoms with Gasteiger partial charge >= 0.3 is 0 Å². The van der Waals surface area contributed by atoms with Crippen molar-refractivity contribution in [3.8, 4) is 0 Å². The summed E-state index contributed by atoms with van der Waals surface area (Å²) in [5, 5.41) is 1.09. The predicted molar refractivity (Wildman–Crippen MR) is 63.8 cm³/mol. The number of carbonyl (C=O) groups excluding carboxylic acids is 1. The van der Waals surface area contributed by atoms with Crippen molar-refractivity contribution in [3.63, 3.8) is 0 Å². The highest BCUT2D eigenvalue weighted by Crippen LogP contribution is 2.15. The van der Waals surface area contributed by atoms with Gasteiger partial charge in [0.25, 0.3) is 0 Å². The van der Waals surface area contributed by atoms with Crippen LogP contribution in [0.2, 0.25) is 0 Å². The van der Waals surface area contributed by atoms with Gasteiger partial charge in [-0.05, 0) is 24.1 Å². The summed E-state index contributed by atoms with van der Waals surface area (Å²) >= 11 is 0. The standard InChI is InChI=1S/C13H14N2O/c1-9(13(14)16)6-10-7-11-4-2-3-5-12(11)15-8-10/h2-5,7-9H,6H2,1H3,(H2,14,16). The molecule has 2 aromatic rings. The smallest absolute Gasteiger partial charge is 0.220 e. The highest BCUT2D eigenvalue weighted by atomic mass is 16.1. The van der Waals surface area contributed by atoms with Crippen molar-refractivity contribution in [1.29, 1.82) is 0 Å². The SMILES string of the molecule is CC(Cc1cnc2ccccc2c1)C(N)=O. The summed E-state index contributed by atoms with van der Waals surface area (Å²) in [6.45, 7) is 1.83. The van der Waals surface area contributed by atoms with Crippen molar-refractivity contribution in [2.24, 2.45) is 11.7 Å². The fraction of sp³-hybridized carbons (Fsp3) is 0.231. The third-order valence-corrected chi connectivity index (χ3v) is 2.67. The molecule has 2 rings (SSSR count). The summed E-state index contributed by atoms with van der Waals surface area (Å²) in [6.07, 6.45) is 2.45. The molecule has 0 aliphatic rings. The molecule has 2 N–H and O–H groups in total. The third kappa shape index (κ3) is 2.19. The fourth-order valence-corrected chi connectivity index (χ4v) is 1.68. The number of nitrogens with two attached hydrogens (primary N) is 1. The van der Waals surface area contributed by atoms with Gasteiger partial charge < -0.3 is 5.73 Å². The highest BCUT2D eigenvalue weighted by molar-refractivity contribution is 5.79. The van der Waals surface area contributed by atoms with Gasteiger partial charge in [0.1, 0.15) is 0 Å². The molecule has 1 aromatic heterocycles. The monoisotopic (exact) mass is 214 g/mol. The van der Waals surface area contributed by atoms with Crippen LogP contribution in [-0.4, -0.2) is 10.9 Å². The molecule has 3 nitrogen and oxygen atoms in total. The molecule has 0 saturated heterocycles. The van der Waals surface area contributed by atoms with Crippen LogP contribution in [0, 0.1) is 5.92 Å². The largest absolute Gasteiger partial charge is 0.369 e. The summed E-state index contributed by atoms with van der Waals surface area (Å²) < 4.78 is 0. The van der Waals surface area contributed by atoms with Crippen LogP contribution in [-0.2, 0) is 11.2 Å². The number of nitrogens with zero attached hydrogens (tertiary/aromatic N) is 1. The van der Waals surface area contributed by atoms with Crippen molar-refractivity contribution in [3.05, 3.63) is 42.1 Å². The molecule has 1 amide bonds. The van der Waals surface area contributed by atoms with Crippen LogP contribution in [0.1, 0.15) is 12.5 Å². The van der Waals surface area contributed by atoms with Crippen LogP contribution >= 0.6 is 0 Å². The van der Waals surface area contributed by atoms with Crippen molar-refractivity contribution in [2.45, 2.75) is 13.3 Å². The first-order valence-corrected chi connectivity index (χ1v) is 5.30. The first kappa shape index (κ1) is 10.6. The minimum absolute atomic E-state index is 0.150. The molecule has 0 spiro atoms. The number of pyridine rings is 1. The Balaban J connectivity index is 2.29. The number of hydrogen-bond acceptors (Lipinski definition) is 2. The minimum atomic E-state index is -0.270. The summed E-state index contributed by atoms with van der Waals surface area (Å²) in [5.41, 5.74) is 7.25. The molecule has 0 fully saturated rings. The van der Waals surface area contributed by atoms with Crippen LogP contribution in [0.4, 0.5) is 0 Å². The van der Waals surface area contributed by atoms with Crippen LogP contribution in [0.25, 0.3) is 10.9 Å². The Morgan fingerprint density at radius 2 is 2.19 bits per heavy atom. The number of para-hydroxylation sites is 1. The van der Waals surface area contributed by atoms with Gasteiger partial charge in [0.05, 0.1) is 5.52 Å². The average molecular weight is 214 g/mol. The van der Waals surface area contributed by atoms with Crippen molar-refractivity contribution < 1.29 is 4.79 Å². The molecule has 0 bridgehead atoms. The Morgan fingerprint density at radius 1 is 1.44 bits per heavy atom. The van der Waals surface area contributed by atoms with Crippen molar-refractivity contribution in [1.82, 2.24) is 4.98 Å². The Morgan fingerprint density at radius 3 is 2.94 bits per heavy atom. The molecule has 82 valence electrons. The zero-order valence-corrected chi connectivity index (χ0v) is 9.18. The summed E-state index contributed by atoms with van der Waals surface area (Å²) in [7, 11) is 0. The van der Waals surface area contributed by atoms with E-state index in [1.54, 1.807) is 0 Å². The number of fused-ring (bicyclic) bond motifs is 1. The van der Waals surface area contributed by atoms with Crippen LogP contribution in [0.5, 0.6) is 0 Å². The van der Waals surface area contributed by atoms with Gasteiger partial charge in [-0.3, -0.25) is 9.78 Å². The molecular formula is C13H14N2O. The van der Waals surface area contributed by atoms with E-state index in [9.17, 15) is 4.79 Å². The lowest BCUT2D eigenvalue weighted by Crippen LogP contribution is -2.22. The number of amides is 1. The summed E-state index contributed by atoms with van der Waals surface area (Å²) in [4.78, 5) is 15.3. The van der Waals surface area contributed by atoms with Crippen LogP contribution in [0.3, 0.4) is 0 Å². The minimum Gasteiger partial charge on any atom is -0.369 e. The molecule has 3 heteroatoms. The van der Waals surface area contributed by atoms with Gasteiger partial charge in [-0.1, -0.05) is 25.1 Å². The second-order valence-corrected chi connectivity index (χ2v) is 4.04. The molecular weight excluding hydrogens is 200 g/mol. The predicted octanol–water partition coefficient (Wildman–Crippen LogP) is 1.90. The number of hydrogen-bond donors (Lipinski definition) is 1. The number of benzene rings is 1. The van der Waals surface area contributed by atoms with Gasteiger partial charge in [-0.15, -0.1) is 0 Å². The van der Waals surface area contributed by atoms with E-state index >= 15 is 0 Å². The van der Waals surface area contributed by atoms with E-state index in [1.807, 2.05) is 37.4 Å². The van der Waals surface area contributed by atoms with Gasteiger partial charge in [-0.25, -0.2) is 0 Å². The molecule has 0 saturated carbocycles. The normalized spacial score (nSPS) is 12.6. The van der Waals surface area contributed by atoms with E-state index in [0.29, 0.717) is 6.42 Å². The maximum atomic E-state index is 11.0. The molecule has 0 aliphatic heterocycles. The van der Waals surface area contributed by atoms with Gasteiger partial charge in [0, 0.05) is 17.5 Å². The molecule has 0 aliphatic carbocycles. The molecule has 1 atom stereocenters. The zero-order chi connectivity index (χ0) is 11.5. The lowest BCUT2D eigenvalue weighted by molar-refractivity contribution is -0.121. The first-order valence-electron chi connectivity index (χ1n) is 5.30. The lowest BCUT2D eigenvalue weighted by Gasteiger charge is -2.07. The molecule has 1 heterocycles. The summed E-state index contributed by atoms with van der Waals surface area (Å²) in [5.74, 6) is -0.420. The van der Waals surface area contributed by atoms with Gasteiger partial charge in [-0.2, -0.15) is 0 Å². The second kappa shape index (κ2) is 4.31. The highest BCUT2D eigenvalue weighted by Gasteiger charge is 2.09. The van der Waals surface area contributed by atoms with Crippen molar-refractivity contribution >= 4 is 16.8 Å². The lowest BCUT2D eigenvalue weighted by atomic mass is 10.0. The Hall–Kier alpha value is -1.90. The van der Waals surface area contributed by atoms with E-state index in [4.69, 9.17) is 5.73 Å². The summed E-state index contributed by atoms with van der Waals surface area (Å²) in [6, 6.07) is 9.98. The van der Waals surface area contributed by atoms with Crippen molar-refractivity contribution in [2.75, 3.05) is 0 Å². The Labute approximate surface area is 94.3 Å². The number of carbonyl (C=O) groups is 1.